The second-order valence-electron chi connectivity index (χ2n) is 5.59. The lowest BCUT2D eigenvalue weighted by Crippen LogP contribution is -2.38. The average Bonchev–Trinajstić information content (AvgIpc) is 2.90. The number of benzene rings is 1. The topological polar surface area (TPSA) is 67.9 Å². The van der Waals surface area contributed by atoms with Crippen molar-refractivity contribution < 1.29 is 19.1 Å². The number of carbonyl (C=O) groups is 2. The molecule has 0 bridgehead atoms. The molecule has 1 aliphatic heterocycles. The normalized spacial score (nSPS) is 18.9. The van der Waals surface area contributed by atoms with Gasteiger partial charge in [-0.2, -0.15) is 0 Å². The summed E-state index contributed by atoms with van der Waals surface area (Å²) < 4.78 is 10.3. The number of carbonyl (C=O) groups excluding carboxylic acids is 2. The summed E-state index contributed by atoms with van der Waals surface area (Å²) in [6.07, 6.45) is 0.197. The molecule has 0 radical (unpaired) electrons. The lowest BCUT2D eigenvalue weighted by molar-refractivity contribution is -0.130. The number of rotatable bonds is 6. The van der Waals surface area contributed by atoms with E-state index in [-0.39, 0.29) is 24.3 Å². The Morgan fingerprint density at radius 2 is 2.22 bits per heavy atom. The maximum Gasteiger partial charge on any atom is 0.229 e. The van der Waals surface area contributed by atoms with E-state index in [1.54, 1.807) is 30.2 Å². The first-order chi connectivity index (χ1) is 11.0. The molecule has 7 heteroatoms. The van der Waals surface area contributed by atoms with Crippen molar-refractivity contribution in [2.75, 3.05) is 32.7 Å². The zero-order valence-corrected chi connectivity index (χ0v) is 14.2. The van der Waals surface area contributed by atoms with Gasteiger partial charge >= 0.3 is 0 Å². The van der Waals surface area contributed by atoms with Crippen LogP contribution < -0.4 is 10.1 Å². The van der Waals surface area contributed by atoms with Crippen molar-refractivity contribution in [2.45, 2.75) is 19.4 Å². The molecule has 126 valence electrons. The summed E-state index contributed by atoms with van der Waals surface area (Å²) in [6.45, 7) is 2.74. The number of nitrogens with one attached hydrogen (secondary N) is 1. The Morgan fingerprint density at radius 1 is 1.48 bits per heavy atom. The van der Waals surface area contributed by atoms with Crippen LogP contribution in [0, 0.1) is 5.92 Å². The Kier molecular flexibility index (Phi) is 5.85. The summed E-state index contributed by atoms with van der Waals surface area (Å²) >= 11 is 5.96. The van der Waals surface area contributed by atoms with E-state index in [0.29, 0.717) is 29.6 Å². The summed E-state index contributed by atoms with van der Waals surface area (Å²) in [5, 5.41) is 3.30. The highest BCUT2D eigenvalue weighted by Crippen LogP contribution is 2.29. The van der Waals surface area contributed by atoms with Crippen LogP contribution in [0.4, 0.5) is 5.69 Å². The number of methoxy groups -OCH3 is 2. The van der Waals surface area contributed by atoms with Crippen molar-refractivity contribution in [1.82, 2.24) is 4.90 Å². The molecule has 1 fully saturated rings. The van der Waals surface area contributed by atoms with Crippen LogP contribution in [0.15, 0.2) is 18.2 Å². The third-order valence-electron chi connectivity index (χ3n) is 3.89. The van der Waals surface area contributed by atoms with Gasteiger partial charge in [-0.15, -0.1) is 0 Å². The van der Waals surface area contributed by atoms with E-state index < -0.39 is 5.92 Å². The summed E-state index contributed by atoms with van der Waals surface area (Å²) in [7, 11) is 3.11. The molecule has 23 heavy (non-hydrogen) atoms. The number of likely N-dealkylation sites (tertiary alicyclic amines) is 1. The number of ether oxygens (including phenoxy) is 2. The van der Waals surface area contributed by atoms with E-state index in [1.807, 2.05) is 6.92 Å². The highest BCUT2D eigenvalue weighted by Gasteiger charge is 2.36. The number of anilines is 1. The number of nitrogens with zero attached hydrogens (tertiary/aromatic N) is 1. The van der Waals surface area contributed by atoms with Gasteiger partial charge in [0.15, 0.2) is 0 Å². The summed E-state index contributed by atoms with van der Waals surface area (Å²) in [5.74, 6) is -0.124. The molecular formula is C16H21ClN2O4. The molecule has 0 aromatic heterocycles. The van der Waals surface area contributed by atoms with Crippen LogP contribution in [-0.4, -0.2) is 50.1 Å². The average molecular weight is 341 g/mol. The van der Waals surface area contributed by atoms with Gasteiger partial charge in [0.1, 0.15) is 5.75 Å². The molecule has 0 saturated carbocycles. The van der Waals surface area contributed by atoms with Crippen LogP contribution in [0.1, 0.15) is 13.3 Å². The largest absolute Gasteiger partial charge is 0.495 e. The first kappa shape index (κ1) is 17.6. The minimum atomic E-state index is -0.398. The summed E-state index contributed by atoms with van der Waals surface area (Å²) in [4.78, 5) is 26.2. The third-order valence-corrected chi connectivity index (χ3v) is 4.12. The van der Waals surface area contributed by atoms with Crippen LogP contribution in [0.5, 0.6) is 5.75 Å². The maximum absolute atomic E-state index is 12.4. The van der Waals surface area contributed by atoms with Gasteiger partial charge in [0.25, 0.3) is 0 Å². The van der Waals surface area contributed by atoms with Crippen molar-refractivity contribution in [3.05, 3.63) is 23.2 Å². The lowest BCUT2D eigenvalue weighted by atomic mass is 10.1. The molecular weight excluding hydrogens is 320 g/mol. The SMILES string of the molecule is COC[C@H](C)N1C[C@@H](C(=O)Nc2cc(Cl)ccc2OC)CC1=O. The second kappa shape index (κ2) is 7.66. The fraction of sp³-hybridized carbons (Fsp3) is 0.500. The fourth-order valence-electron chi connectivity index (χ4n) is 2.68. The molecule has 1 aromatic carbocycles. The quantitative estimate of drug-likeness (QED) is 0.861. The van der Waals surface area contributed by atoms with Gasteiger partial charge in [-0.25, -0.2) is 0 Å². The van der Waals surface area contributed by atoms with Crippen LogP contribution in [0.3, 0.4) is 0 Å². The predicted molar refractivity (Wildman–Crippen MR) is 87.8 cm³/mol. The van der Waals surface area contributed by atoms with Gasteiger partial charge < -0.3 is 19.7 Å². The summed E-state index contributed by atoms with van der Waals surface area (Å²) in [6, 6.07) is 4.94. The Labute approximate surface area is 140 Å². The molecule has 1 aliphatic rings. The van der Waals surface area contributed by atoms with Gasteiger partial charge in [-0.1, -0.05) is 11.6 Å². The third kappa shape index (κ3) is 4.14. The van der Waals surface area contributed by atoms with Gasteiger partial charge in [-0.05, 0) is 25.1 Å². The lowest BCUT2D eigenvalue weighted by Gasteiger charge is -2.24. The molecule has 1 N–H and O–H groups in total. The minimum absolute atomic E-state index is 0.0345. The number of halogens is 1. The van der Waals surface area contributed by atoms with Gasteiger partial charge in [0, 0.05) is 25.1 Å². The minimum Gasteiger partial charge on any atom is -0.495 e. The first-order valence-corrected chi connectivity index (χ1v) is 7.76. The van der Waals surface area contributed by atoms with Crippen molar-refractivity contribution >= 4 is 29.1 Å². The van der Waals surface area contributed by atoms with Crippen LogP contribution in [0.2, 0.25) is 5.02 Å². The first-order valence-electron chi connectivity index (χ1n) is 7.39. The zero-order chi connectivity index (χ0) is 17.0. The second-order valence-corrected chi connectivity index (χ2v) is 6.02. The predicted octanol–water partition coefficient (Wildman–Crippen LogP) is 2.17. The van der Waals surface area contributed by atoms with Gasteiger partial charge in [0.05, 0.1) is 31.4 Å². The standard InChI is InChI=1S/C16H21ClN2O4/c1-10(9-22-2)19-8-11(6-15(19)20)16(21)18-13-7-12(17)4-5-14(13)23-3/h4-5,7,10-11H,6,8-9H2,1-3H3,(H,18,21)/t10-,11-/m0/s1. The monoisotopic (exact) mass is 340 g/mol. The molecule has 0 aliphatic carbocycles. The Morgan fingerprint density at radius 3 is 2.87 bits per heavy atom. The van der Waals surface area contributed by atoms with Crippen LogP contribution in [0.25, 0.3) is 0 Å². The Bertz CT molecular complexity index is 593. The molecule has 2 atom stereocenters. The molecule has 1 heterocycles. The number of hydrogen-bond acceptors (Lipinski definition) is 4. The highest BCUT2D eigenvalue weighted by molar-refractivity contribution is 6.31. The molecule has 0 spiro atoms. The van der Waals surface area contributed by atoms with E-state index in [4.69, 9.17) is 21.1 Å². The zero-order valence-electron chi connectivity index (χ0n) is 13.5. The van der Waals surface area contributed by atoms with E-state index in [1.165, 1.54) is 7.11 Å². The molecule has 1 aromatic rings. The number of amides is 2. The molecule has 2 rings (SSSR count). The van der Waals surface area contributed by atoms with Crippen molar-refractivity contribution in [2.24, 2.45) is 5.92 Å². The van der Waals surface area contributed by atoms with Crippen LogP contribution in [-0.2, 0) is 14.3 Å². The smallest absolute Gasteiger partial charge is 0.229 e. The molecule has 0 unspecified atom stereocenters. The van der Waals surface area contributed by atoms with Crippen molar-refractivity contribution in [3.63, 3.8) is 0 Å². The molecule has 1 saturated heterocycles. The van der Waals surface area contributed by atoms with E-state index in [9.17, 15) is 9.59 Å². The molecule has 6 nitrogen and oxygen atoms in total. The van der Waals surface area contributed by atoms with Crippen molar-refractivity contribution in [3.8, 4) is 5.75 Å². The maximum atomic E-state index is 12.4. The Balaban J connectivity index is 2.05. The summed E-state index contributed by atoms with van der Waals surface area (Å²) in [5.41, 5.74) is 0.501. The molecule has 2 amide bonds. The van der Waals surface area contributed by atoms with E-state index in [2.05, 4.69) is 5.32 Å². The van der Waals surface area contributed by atoms with Crippen molar-refractivity contribution in [1.29, 1.82) is 0 Å². The Hall–Kier alpha value is -1.79. The number of hydrogen-bond donors (Lipinski definition) is 1. The van der Waals surface area contributed by atoms with Crippen LogP contribution >= 0.6 is 11.6 Å². The highest BCUT2D eigenvalue weighted by atomic mass is 35.5. The van der Waals surface area contributed by atoms with E-state index in [0.717, 1.165) is 0 Å². The van der Waals surface area contributed by atoms with Gasteiger partial charge in [-0.3, -0.25) is 9.59 Å². The van der Waals surface area contributed by atoms with E-state index >= 15 is 0 Å². The fourth-order valence-corrected chi connectivity index (χ4v) is 2.85. The van der Waals surface area contributed by atoms with Gasteiger partial charge in [0.2, 0.25) is 11.8 Å².